The van der Waals surface area contributed by atoms with Crippen LogP contribution in [0.5, 0.6) is 5.75 Å². The molecule has 1 aliphatic heterocycles. The molecule has 7 nitrogen and oxygen atoms in total. The van der Waals surface area contributed by atoms with Crippen molar-refractivity contribution in [2.24, 2.45) is 0 Å². The van der Waals surface area contributed by atoms with Crippen LogP contribution in [-0.2, 0) is 0 Å². The van der Waals surface area contributed by atoms with Crippen molar-refractivity contribution in [2.45, 2.75) is 32.3 Å². The molecule has 31 heavy (non-hydrogen) atoms. The Balaban J connectivity index is 1.21. The van der Waals surface area contributed by atoms with E-state index in [-0.39, 0.29) is 17.9 Å². The number of carbonyl (C=O) groups excluding carboxylic acids is 1. The highest BCUT2D eigenvalue weighted by molar-refractivity contribution is 5.98. The molecule has 7 heteroatoms. The molecule has 0 saturated carbocycles. The van der Waals surface area contributed by atoms with Gasteiger partial charge in [-0.1, -0.05) is 25.1 Å². The van der Waals surface area contributed by atoms with Gasteiger partial charge in [0, 0.05) is 41.7 Å². The summed E-state index contributed by atoms with van der Waals surface area (Å²) in [5.41, 5.74) is 2.55. The molecule has 0 spiro atoms. The number of hydrogen-bond donors (Lipinski definition) is 1. The first-order chi connectivity index (χ1) is 15.1. The predicted molar refractivity (Wildman–Crippen MR) is 117 cm³/mol. The molecule has 1 N–H and O–H groups in total. The number of amides is 1. The first kappa shape index (κ1) is 19.4. The van der Waals surface area contributed by atoms with Gasteiger partial charge in [-0.05, 0) is 47.9 Å². The van der Waals surface area contributed by atoms with E-state index in [0.29, 0.717) is 30.4 Å². The maximum absolute atomic E-state index is 12.9. The van der Waals surface area contributed by atoms with Crippen molar-refractivity contribution in [1.29, 1.82) is 0 Å². The fraction of sp³-hybridized carbons (Fsp3) is 0.292. The number of nitrogens with one attached hydrogen (secondary N) is 1. The van der Waals surface area contributed by atoms with Gasteiger partial charge in [0.1, 0.15) is 11.9 Å². The van der Waals surface area contributed by atoms with Crippen LogP contribution in [0.3, 0.4) is 0 Å². The monoisotopic (exact) mass is 416 g/mol. The van der Waals surface area contributed by atoms with Gasteiger partial charge in [-0.15, -0.1) is 0 Å². The minimum Gasteiger partial charge on any atom is -0.489 e. The first-order valence-electron chi connectivity index (χ1n) is 10.5. The second-order valence-electron chi connectivity index (χ2n) is 8.19. The average molecular weight is 416 g/mol. The van der Waals surface area contributed by atoms with Gasteiger partial charge in [0.15, 0.2) is 0 Å². The fourth-order valence-corrected chi connectivity index (χ4v) is 3.83. The van der Waals surface area contributed by atoms with E-state index in [2.05, 4.69) is 15.1 Å². The molecule has 4 aromatic rings. The lowest BCUT2D eigenvalue weighted by Crippen LogP contribution is -2.30. The van der Waals surface area contributed by atoms with Crippen LogP contribution < -0.4 is 4.74 Å². The summed E-state index contributed by atoms with van der Waals surface area (Å²) in [6.45, 7) is 5.29. The summed E-state index contributed by atoms with van der Waals surface area (Å²) < 4.78 is 11.4. The van der Waals surface area contributed by atoms with Crippen LogP contribution >= 0.6 is 0 Å². The van der Waals surface area contributed by atoms with E-state index in [1.54, 1.807) is 0 Å². The van der Waals surface area contributed by atoms with Crippen LogP contribution in [-0.4, -0.2) is 45.1 Å². The number of benzene rings is 2. The highest BCUT2D eigenvalue weighted by Gasteiger charge is 2.28. The molecule has 1 unspecified atom stereocenters. The molecule has 3 heterocycles. The summed E-state index contributed by atoms with van der Waals surface area (Å²) >= 11 is 0. The summed E-state index contributed by atoms with van der Waals surface area (Å²) in [7, 11) is 0. The smallest absolute Gasteiger partial charge is 0.254 e. The number of hydrogen-bond acceptors (Lipinski definition) is 5. The van der Waals surface area contributed by atoms with E-state index in [1.165, 1.54) is 0 Å². The Morgan fingerprint density at radius 3 is 2.81 bits per heavy atom. The Kier molecular flexibility index (Phi) is 4.94. The number of carbonyl (C=O) groups is 1. The van der Waals surface area contributed by atoms with Gasteiger partial charge in [0.05, 0.1) is 6.54 Å². The number of fused-ring (bicyclic) bond motifs is 1. The molecule has 1 saturated heterocycles. The summed E-state index contributed by atoms with van der Waals surface area (Å²) in [5.74, 6) is 2.20. The minimum absolute atomic E-state index is 0.0262. The second-order valence-corrected chi connectivity index (χ2v) is 8.19. The lowest BCUT2D eigenvalue weighted by atomic mass is 10.1. The molecule has 0 aliphatic carbocycles. The number of likely N-dealkylation sites (tertiary alicyclic amines) is 1. The van der Waals surface area contributed by atoms with E-state index in [1.807, 2.05) is 73.5 Å². The zero-order valence-corrected chi connectivity index (χ0v) is 17.5. The van der Waals surface area contributed by atoms with Crippen molar-refractivity contribution in [3.63, 3.8) is 0 Å². The molecule has 1 amide bonds. The third kappa shape index (κ3) is 3.91. The maximum Gasteiger partial charge on any atom is 0.254 e. The topological polar surface area (TPSA) is 84.2 Å². The third-order valence-corrected chi connectivity index (χ3v) is 5.59. The normalized spacial score (nSPS) is 16.4. The Hall–Kier alpha value is -3.61. The zero-order valence-electron chi connectivity index (χ0n) is 17.5. The molecule has 0 bridgehead atoms. The molecule has 2 aromatic carbocycles. The lowest BCUT2D eigenvalue weighted by molar-refractivity contribution is 0.0772. The fourth-order valence-electron chi connectivity index (χ4n) is 3.83. The SMILES string of the molecule is CC(C)c1nc(-c2ccc(OC3CCN(C(=O)c4ccc5cc[nH]c5c4)C3)cc2)no1. The molecular formula is C24H24N4O3. The Morgan fingerprint density at radius 1 is 1.19 bits per heavy atom. The molecule has 158 valence electrons. The molecule has 1 atom stereocenters. The van der Waals surface area contributed by atoms with Crippen molar-refractivity contribution in [1.82, 2.24) is 20.0 Å². The van der Waals surface area contributed by atoms with E-state index in [4.69, 9.17) is 9.26 Å². The largest absolute Gasteiger partial charge is 0.489 e. The van der Waals surface area contributed by atoms with Gasteiger partial charge in [0.2, 0.25) is 11.7 Å². The third-order valence-electron chi connectivity index (χ3n) is 5.59. The zero-order chi connectivity index (χ0) is 21.4. The summed E-state index contributed by atoms with van der Waals surface area (Å²) in [4.78, 5) is 22.3. The van der Waals surface area contributed by atoms with Crippen LogP contribution in [0.15, 0.2) is 59.3 Å². The quantitative estimate of drug-likeness (QED) is 0.513. The van der Waals surface area contributed by atoms with E-state index in [0.717, 1.165) is 28.6 Å². The van der Waals surface area contributed by atoms with Crippen molar-refractivity contribution in [2.75, 3.05) is 13.1 Å². The number of nitrogens with zero attached hydrogens (tertiary/aromatic N) is 3. The Labute approximate surface area is 180 Å². The minimum atomic E-state index is -0.0262. The highest BCUT2D eigenvalue weighted by atomic mass is 16.5. The maximum atomic E-state index is 12.9. The predicted octanol–water partition coefficient (Wildman–Crippen LogP) is 4.63. The lowest BCUT2D eigenvalue weighted by Gasteiger charge is -2.17. The van der Waals surface area contributed by atoms with Crippen LogP contribution in [0, 0.1) is 0 Å². The Morgan fingerprint density at radius 2 is 2.03 bits per heavy atom. The van der Waals surface area contributed by atoms with Gasteiger partial charge in [-0.2, -0.15) is 4.98 Å². The molecule has 5 rings (SSSR count). The number of aromatic amines is 1. The molecular weight excluding hydrogens is 392 g/mol. The van der Waals surface area contributed by atoms with Crippen LogP contribution in [0.2, 0.25) is 0 Å². The van der Waals surface area contributed by atoms with Gasteiger partial charge in [0.25, 0.3) is 5.91 Å². The molecule has 1 fully saturated rings. The summed E-state index contributed by atoms with van der Waals surface area (Å²) in [5, 5.41) is 5.14. The second kappa shape index (κ2) is 7.91. The first-order valence-corrected chi connectivity index (χ1v) is 10.5. The van der Waals surface area contributed by atoms with Gasteiger partial charge < -0.3 is 19.1 Å². The number of aromatic nitrogens is 3. The van der Waals surface area contributed by atoms with Crippen molar-refractivity contribution in [3.8, 4) is 17.1 Å². The van der Waals surface area contributed by atoms with Crippen molar-refractivity contribution >= 4 is 16.8 Å². The van der Waals surface area contributed by atoms with E-state index >= 15 is 0 Å². The van der Waals surface area contributed by atoms with Crippen molar-refractivity contribution in [3.05, 3.63) is 66.2 Å². The van der Waals surface area contributed by atoms with E-state index < -0.39 is 0 Å². The standard InChI is InChI=1S/C24H24N4O3/c1-15(2)23-26-22(27-31-23)17-5-7-19(8-6-17)30-20-10-12-28(14-20)24(29)18-4-3-16-9-11-25-21(16)13-18/h3-9,11,13,15,20,25H,10,12,14H2,1-2H3. The van der Waals surface area contributed by atoms with Crippen LogP contribution in [0.1, 0.15) is 42.4 Å². The van der Waals surface area contributed by atoms with Crippen molar-refractivity contribution < 1.29 is 14.1 Å². The highest BCUT2D eigenvalue weighted by Crippen LogP contribution is 2.25. The van der Waals surface area contributed by atoms with Gasteiger partial charge in [-0.3, -0.25) is 4.79 Å². The molecule has 1 aliphatic rings. The molecule has 2 aromatic heterocycles. The van der Waals surface area contributed by atoms with Gasteiger partial charge >= 0.3 is 0 Å². The molecule has 0 radical (unpaired) electrons. The van der Waals surface area contributed by atoms with Crippen LogP contribution in [0.4, 0.5) is 0 Å². The summed E-state index contributed by atoms with van der Waals surface area (Å²) in [6.07, 6.45) is 2.66. The van der Waals surface area contributed by atoms with Crippen LogP contribution in [0.25, 0.3) is 22.3 Å². The van der Waals surface area contributed by atoms with Gasteiger partial charge in [-0.25, -0.2) is 0 Å². The summed E-state index contributed by atoms with van der Waals surface area (Å²) in [6, 6.07) is 15.4. The number of ether oxygens (including phenoxy) is 1. The average Bonchev–Trinajstić information content (AvgIpc) is 3.53. The van der Waals surface area contributed by atoms with E-state index in [9.17, 15) is 4.79 Å². The Bertz CT molecular complexity index is 1210. The number of H-pyrrole nitrogens is 1. The number of rotatable bonds is 5.